The molecule has 0 bridgehead atoms. The molecular formula is C23H23ClFN3O4S2. The van der Waals surface area contributed by atoms with Crippen molar-refractivity contribution in [3.05, 3.63) is 59.4 Å². The van der Waals surface area contributed by atoms with Crippen LogP contribution in [0.2, 0.25) is 5.02 Å². The Morgan fingerprint density at radius 2 is 1.74 bits per heavy atom. The fraction of sp³-hybridized carbons (Fsp3) is 0.348. The zero-order valence-corrected chi connectivity index (χ0v) is 20.5. The highest BCUT2D eigenvalue weighted by atomic mass is 35.5. The number of amidine groups is 1. The largest absolute Gasteiger partial charge is 0.326 e. The van der Waals surface area contributed by atoms with Gasteiger partial charge in [-0.15, -0.1) is 4.40 Å². The second-order valence-corrected chi connectivity index (χ2v) is 11.4. The van der Waals surface area contributed by atoms with Crippen LogP contribution in [0.25, 0.3) is 0 Å². The van der Waals surface area contributed by atoms with Crippen LogP contribution >= 0.6 is 23.4 Å². The number of hydrogen-bond donors (Lipinski definition) is 1. The van der Waals surface area contributed by atoms with Gasteiger partial charge in [-0.05, 0) is 61.4 Å². The van der Waals surface area contributed by atoms with E-state index in [0.717, 1.165) is 68.1 Å². The third-order valence-corrected chi connectivity index (χ3v) is 8.52. The number of hydrogen-bond acceptors (Lipinski definition) is 5. The van der Waals surface area contributed by atoms with Crippen molar-refractivity contribution in [2.45, 2.75) is 54.7 Å². The molecule has 2 aromatic rings. The summed E-state index contributed by atoms with van der Waals surface area (Å²) in [4.78, 5) is 27.2. The van der Waals surface area contributed by atoms with Crippen LogP contribution in [0, 0.1) is 5.82 Å². The minimum Gasteiger partial charge on any atom is -0.326 e. The Labute approximate surface area is 206 Å². The van der Waals surface area contributed by atoms with Crippen molar-refractivity contribution < 1.29 is 22.4 Å². The van der Waals surface area contributed by atoms with Gasteiger partial charge in [-0.3, -0.25) is 14.5 Å². The van der Waals surface area contributed by atoms with Crippen molar-refractivity contribution in [3.63, 3.8) is 0 Å². The standard InChI is InChI=1S/C23H23ClFN3O4S2/c24-15-6-10-17(11-7-15)26-21(29)14-20-22(30)28(18-4-2-1-3-5-18)23(33-20)27-34(31,32)19-12-8-16(25)9-13-19/h6-13,18,20H,1-5,14H2,(H,26,29). The van der Waals surface area contributed by atoms with Crippen LogP contribution in [-0.4, -0.2) is 41.6 Å². The van der Waals surface area contributed by atoms with E-state index in [1.165, 1.54) is 4.90 Å². The number of nitrogens with one attached hydrogen (secondary N) is 1. The summed E-state index contributed by atoms with van der Waals surface area (Å²) in [6.45, 7) is 0. The van der Waals surface area contributed by atoms with E-state index in [9.17, 15) is 22.4 Å². The van der Waals surface area contributed by atoms with E-state index in [0.29, 0.717) is 10.7 Å². The second-order valence-electron chi connectivity index (χ2n) is 8.17. The quantitative estimate of drug-likeness (QED) is 0.585. The number of halogens is 2. The first-order chi connectivity index (χ1) is 16.2. The van der Waals surface area contributed by atoms with Gasteiger partial charge in [0, 0.05) is 23.2 Å². The molecule has 1 aliphatic heterocycles. The van der Waals surface area contributed by atoms with E-state index < -0.39 is 21.1 Å². The molecule has 1 N–H and O–H groups in total. The lowest BCUT2D eigenvalue weighted by atomic mass is 9.94. The van der Waals surface area contributed by atoms with Gasteiger partial charge in [0.25, 0.3) is 10.0 Å². The number of carbonyl (C=O) groups excluding carboxylic acids is 2. The van der Waals surface area contributed by atoms with Crippen LogP contribution < -0.4 is 5.32 Å². The minimum atomic E-state index is -4.17. The number of carbonyl (C=O) groups is 2. The van der Waals surface area contributed by atoms with Crippen LogP contribution in [-0.2, 0) is 19.6 Å². The lowest BCUT2D eigenvalue weighted by Gasteiger charge is -2.30. The van der Waals surface area contributed by atoms with Crippen LogP contribution in [0.5, 0.6) is 0 Å². The highest BCUT2D eigenvalue weighted by molar-refractivity contribution is 8.16. The third kappa shape index (κ3) is 5.79. The molecule has 11 heteroatoms. The van der Waals surface area contributed by atoms with Crippen LogP contribution in [0.3, 0.4) is 0 Å². The molecule has 34 heavy (non-hydrogen) atoms. The summed E-state index contributed by atoms with van der Waals surface area (Å²) >= 11 is 6.85. The number of benzene rings is 2. The highest BCUT2D eigenvalue weighted by Crippen LogP contribution is 2.36. The summed E-state index contributed by atoms with van der Waals surface area (Å²) in [5.41, 5.74) is 0.543. The predicted molar refractivity (Wildman–Crippen MR) is 131 cm³/mol. The summed E-state index contributed by atoms with van der Waals surface area (Å²) in [5.74, 6) is -1.26. The molecule has 0 aromatic heterocycles. The van der Waals surface area contributed by atoms with Crippen molar-refractivity contribution >= 4 is 56.1 Å². The van der Waals surface area contributed by atoms with E-state index in [4.69, 9.17) is 11.6 Å². The van der Waals surface area contributed by atoms with E-state index in [-0.39, 0.29) is 34.3 Å². The van der Waals surface area contributed by atoms with Crippen molar-refractivity contribution in [2.24, 2.45) is 4.40 Å². The first-order valence-electron chi connectivity index (χ1n) is 10.9. The Bertz CT molecular complexity index is 1200. The van der Waals surface area contributed by atoms with E-state index >= 15 is 0 Å². The summed E-state index contributed by atoms with van der Waals surface area (Å²) in [7, 11) is -4.17. The topological polar surface area (TPSA) is 95.9 Å². The molecule has 4 rings (SSSR count). The molecule has 1 saturated heterocycles. The van der Waals surface area contributed by atoms with Crippen molar-refractivity contribution in [1.29, 1.82) is 0 Å². The van der Waals surface area contributed by atoms with Gasteiger partial charge in [0.15, 0.2) is 5.17 Å². The zero-order valence-electron chi connectivity index (χ0n) is 18.1. The van der Waals surface area contributed by atoms with Crippen LogP contribution in [0.4, 0.5) is 10.1 Å². The maximum absolute atomic E-state index is 13.3. The van der Waals surface area contributed by atoms with Gasteiger partial charge >= 0.3 is 0 Å². The normalized spacial score (nSPS) is 20.6. The molecule has 2 fully saturated rings. The Kier molecular flexibility index (Phi) is 7.59. The van der Waals surface area contributed by atoms with E-state index in [2.05, 4.69) is 9.71 Å². The maximum Gasteiger partial charge on any atom is 0.284 e. The van der Waals surface area contributed by atoms with Crippen molar-refractivity contribution in [1.82, 2.24) is 4.90 Å². The summed E-state index contributed by atoms with van der Waals surface area (Å²) in [6, 6.07) is 10.8. The first kappa shape index (κ1) is 24.7. The second kappa shape index (κ2) is 10.5. The smallest absolute Gasteiger partial charge is 0.284 e. The Balaban J connectivity index is 1.57. The van der Waals surface area contributed by atoms with Crippen LogP contribution in [0.15, 0.2) is 57.8 Å². The molecule has 1 heterocycles. The molecule has 1 aliphatic carbocycles. The lowest BCUT2D eigenvalue weighted by Crippen LogP contribution is -2.42. The molecule has 1 atom stereocenters. The SMILES string of the molecule is O=C(CC1SC(=NS(=O)(=O)c2ccc(F)cc2)N(C2CCCCC2)C1=O)Nc1ccc(Cl)cc1. The van der Waals surface area contributed by atoms with Crippen LogP contribution in [0.1, 0.15) is 38.5 Å². The zero-order chi connectivity index (χ0) is 24.3. The Hall–Kier alpha value is -2.43. The highest BCUT2D eigenvalue weighted by Gasteiger charge is 2.43. The Morgan fingerprint density at radius 1 is 1.09 bits per heavy atom. The first-order valence-corrected chi connectivity index (χ1v) is 13.6. The number of rotatable bonds is 6. The molecular weight excluding hydrogens is 501 g/mol. The Morgan fingerprint density at radius 3 is 2.38 bits per heavy atom. The molecule has 1 unspecified atom stereocenters. The molecule has 2 amide bonds. The van der Waals surface area contributed by atoms with Gasteiger partial charge in [-0.1, -0.05) is 42.6 Å². The van der Waals surface area contributed by atoms with Gasteiger partial charge in [0.1, 0.15) is 11.1 Å². The summed E-state index contributed by atoms with van der Waals surface area (Å²) < 4.78 is 43.0. The molecule has 0 spiro atoms. The fourth-order valence-electron chi connectivity index (χ4n) is 4.03. The maximum atomic E-state index is 13.3. The average Bonchev–Trinajstić information content (AvgIpc) is 3.10. The number of sulfonamides is 1. The average molecular weight is 524 g/mol. The van der Waals surface area contributed by atoms with Gasteiger partial charge in [0.05, 0.1) is 4.90 Å². The molecule has 2 aliphatic rings. The van der Waals surface area contributed by atoms with Gasteiger partial charge in [-0.2, -0.15) is 8.42 Å². The van der Waals surface area contributed by atoms with Gasteiger partial charge in [0.2, 0.25) is 11.8 Å². The molecule has 1 saturated carbocycles. The fourth-order valence-corrected chi connectivity index (χ4v) is 6.56. The number of thioether (sulfide) groups is 1. The number of nitrogens with zero attached hydrogens (tertiary/aromatic N) is 2. The summed E-state index contributed by atoms with van der Waals surface area (Å²) in [5, 5.41) is 2.53. The lowest BCUT2D eigenvalue weighted by molar-refractivity contribution is -0.130. The monoisotopic (exact) mass is 523 g/mol. The van der Waals surface area contributed by atoms with E-state index in [1.807, 2.05) is 0 Å². The van der Waals surface area contributed by atoms with E-state index in [1.54, 1.807) is 24.3 Å². The van der Waals surface area contributed by atoms with Crippen molar-refractivity contribution in [2.75, 3.05) is 5.32 Å². The minimum absolute atomic E-state index is 0.0607. The number of amides is 2. The molecule has 7 nitrogen and oxygen atoms in total. The number of anilines is 1. The molecule has 0 radical (unpaired) electrons. The van der Waals surface area contributed by atoms with Gasteiger partial charge < -0.3 is 5.32 Å². The van der Waals surface area contributed by atoms with Gasteiger partial charge in [-0.25, -0.2) is 4.39 Å². The predicted octanol–water partition coefficient (Wildman–Crippen LogP) is 4.83. The summed E-state index contributed by atoms with van der Waals surface area (Å²) in [6.07, 6.45) is 4.26. The molecule has 2 aromatic carbocycles. The third-order valence-electron chi connectivity index (χ3n) is 5.72. The van der Waals surface area contributed by atoms with Crippen molar-refractivity contribution in [3.8, 4) is 0 Å². The molecule has 180 valence electrons.